The minimum atomic E-state index is -4.84. The van der Waals surface area contributed by atoms with Crippen LogP contribution in [0.5, 0.6) is 0 Å². The number of carboxylic acid groups (broad SMARTS) is 1. The van der Waals surface area contributed by atoms with Gasteiger partial charge < -0.3 is 5.11 Å². The Hall–Kier alpha value is -2.51. The van der Waals surface area contributed by atoms with Gasteiger partial charge in [-0.1, -0.05) is 18.2 Å². The van der Waals surface area contributed by atoms with E-state index < -0.39 is 40.6 Å². The number of halogens is 6. The second-order valence-electron chi connectivity index (χ2n) is 4.61. The highest BCUT2D eigenvalue weighted by Crippen LogP contribution is 2.40. The van der Waals surface area contributed by atoms with E-state index in [0.717, 1.165) is 24.3 Å². The fourth-order valence-electron chi connectivity index (χ4n) is 2.10. The van der Waals surface area contributed by atoms with Gasteiger partial charge in [0, 0.05) is 5.56 Å². The maximum atomic E-state index is 13.1. The van der Waals surface area contributed by atoms with Gasteiger partial charge in [0.05, 0.1) is 16.7 Å². The Morgan fingerprint density at radius 2 is 1.39 bits per heavy atom. The van der Waals surface area contributed by atoms with Crippen molar-refractivity contribution in [3.05, 3.63) is 59.2 Å². The minimum absolute atomic E-state index is 0.261. The van der Waals surface area contributed by atoms with Gasteiger partial charge in [-0.3, -0.25) is 0 Å². The molecule has 0 aliphatic heterocycles. The van der Waals surface area contributed by atoms with Crippen molar-refractivity contribution in [1.82, 2.24) is 0 Å². The standard InChI is InChI=1S/C15H8F6O2/c16-14(17,18)9-6-4-8(5-7-9)12-10(13(22)23)2-1-3-11(12)15(19,20)21/h1-7H,(H,22,23). The van der Waals surface area contributed by atoms with Gasteiger partial charge in [0.1, 0.15) is 0 Å². The van der Waals surface area contributed by atoms with E-state index in [0.29, 0.717) is 18.2 Å². The molecule has 0 amide bonds. The Morgan fingerprint density at radius 3 is 1.83 bits per heavy atom. The minimum Gasteiger partial charge on any atom is -0.478 e. The SMILES string of the molecule is O=C(O)c1cccc(C(F)(F)F)c1-c1ccc(C(F)(F)F)cc1. The first-order valence-electron chi connectivity index (χ1n) is 6.13. The van der Waals surface area contributed by atoms with Gasteiger partial charge in [-0.25, -0.2) is 4.79 Å². The summed E-state index contributed by atoms with van der Waals surface area (Å²) >= 11 is 0. The number of benzene rings is 2. The molecule has 0 aliphatic rings. The van der Waals surface area contributed by atoms with E-state index in [4.69, 9.17) is 5.11 Å². The third-order valence-electron chi connectivity index (χ3n) is 3.10. The number of carboxylic acids is 1. The summed E-state index contributed by atoms with van der Waals surface area (Å²) in [6.07, 6.45) is -9.48. The molecule has 0 atom stereocenters. The molecule has 8 heteroatoms. The zero-order chi connectivity index (χ0) is 17.4. The van der Waals surface area contributed by atoms with Crippen molar-refractivity contribution in [3.63, 3.8) is 0 Å². The lowest BCUT2D eigenvalue weighted by Crippen LogP contribution is -2.11. The van der Waals surface area contributed by atoms with Crippen LogP contribution >= 0.6 is 0 Å². The summed E-state index contributed by atoms with van der Waals surface area (Å²) in [6.45, 7) is 0. The molecule has 0 aliphatic carbocycles. The average Bonchev–Trinajstić information content (AvgIpc) is 2.44. The van der Waals surface area contributed by atoms with Crippen LogP contribution in [0, 0.1) is 0 Å². The van der Waals surface area contributed by atoms with Gasteiger partial charge in [0.15, 0.2) is 0 Å². The Labute approximate surface area is 126 Å². The van der Waals surface area contributed by atoms with Crippen molar-refractivity contribution < 1.29 is 36.2 Å². The van der Waals surface area contributed by atoms with Crippen LogP contribution in [0.4, 0.5) is 26.3 Å². The third-order valence-corrected chi connectivity index (χ3v) is 3.10. The predicted molar refractivity (Wildman–Crippen MR) is 68.8 cm³/mol. The number of hydrogen-bond donors (Lipinski definition) is 1. The van der Waals surface area contributed by atoms with Crippen LogP contribution < -0.4 is 0 Å². The van der Waals surface area contributed by atoms with Crippen molar-refractivity contribution in [3.8, 4) is 11.1 Å². The molecule has 0 spiro atoms. The molecule has 2 nitrogen and oxygen atoms in total. The first-order chi connectivity index (χ1) is 10.5. The van der Waals surface area contributed by atoms with Gasteiger partial charge in [0.25, 0.3) is 0 Å². The first-order valence-corrected chi connectivity index (χ1v) is 6.13. The summed E-state index contributed by atoms with van der Waals surface area (Å²) in [6, 6.07) is 5.42. The van der Waals surface area contributed by atoms with E-state index in [9.17, 15) is 31.1 Å². The number of alkyl halides is 6. The van der Waals surface area contributed by atoms with Crippen LogP contribution in [0.3, 0.4) is 0 Å². The van der Waals surface area contributed by atoms with Crippen LogP contribution in [0.25, 0.3) is 11.1 Å². The smallest absolute Gasteiger partial charge is 0.417 e. The monoisotopic (exact) mass is 334 g/mol. The van der Waals surface area contributed by atoms with E-state index in [1.807, 2.05) is 0 Å². The van der Waals surface area contributed by atoms with Gasteiger partial charge in [-0.2, -0.15) is 26.3 Å². The molecule has 0 bridgehead atoms. The molecule has 0 saturated carbocycles. The highest BCUT2D eigenvalue weighted by atomic mass is 19.4. The lowest BCUT2D eigenvalue weighted by Gasteiger charge is -2.16. The van der Waals surface area contributed by atoms with Crippen LogP contribution in [0.2, 0.25) is 0 Å². The van der Waals surface area contributed by atoms with Crippen LogP contribution in [0.15, 0.2) is 42.5 Å². The first kappa shape index (κ1) is 16.9. The van der Waals surface area contributed by atoms with Crippen molar-refractivity contribution in [1.29, 1.82) is 0 Å². The molecule has 0 unspecified atom stereocenters. The summed E-state index contributed by atoms with van der Waals surface area (Å²) < 4.78 is 76.8. The number of aromatic carboxylic acids is 1. The second-order valence-corrected chi connectivity index (χ2v) is 4.61. The van der Waals surface area contributed by atoms with Crippen molar-refractivity contribution in [2.45, 2.75) is 12.4 Å². The summed E-state index contributed by atoms with van der Waals surface area (Å²) in [5, 5.41) is 9.05. The largest absolute Gasteiger partial charge is 0.478 e. The molecular formula is C15H8F6O2. The Kier molecular flexibility index (Phi) is 4.10. The van der Waals surface area contributed by atoms with Crippen LogP contribution in [-0.2, 0) is 12.4 Å². The third kappa shape index (κ3) is 3.46. The van der Waals surface area contributed by atoms with E-state index >= 15 is 0 Å². The highest BCUT2D eigenvalue weighted by Gasteiger charge is 2.36. The number of rotatable bonds is 2. The zero-order valence-corrected chi connectivity index (χ0v) is 11.2. The molecule has 0 radical (unpaired) electrons. The number of carbonyl (C=O) groups is 1. The molecule has 122 valence electrons. The molecule has 2 aromatic carbocycles. The zero-order valence-electron chi connectivity index (χ0n) is 11.2. The Morgan fingerprint density at radius 1 is 0.826 bits per heavy atom. The normalized spacial score (nSPS) is 12.3. The van der Waals surface area contributed by atoms with Crippen molar-refractivity contribution >= 4 is 5.97 Å². The number of hydrogen-bond acceptors (Lipinski definition) is 1. The van der Waals surface area contributed by atoms with Gasteiger partial charge >= 0.3 is 18.3 Å². The predicted octanol–water partition coefficient (Wildman–Crippen LogP) is 5.09. The second kappa shape index (κ2) is 5.60. The van der Waals surface area contributed by atoms with Crippen LogP contribution in [0.1, 0.15) is 21.5 Å². The van der Waals surface area contributed by atoms with Gasteiger partial charge in [0.2, 0.25) is 0 Å². The summed E-state index contributed by atoms with van der Waals surface area (Å²) in [4.78, 5) is 11.2. The van der Waals surface area contributed by atoms with Crippen molar-refractivity contribution in [2.24, 2.45) is 0 Å². The Bertz CT molecular complexity index is 729. The van der Waals surface area contributed by atoms with Crippen molar-refractivity contribution in [2.75, 3.05) is 0 Å². The maximum absolute atomic E-state index is 13.1. The lowest BCUT2D eigenvalue weighted by atomic mass is 9.93. The summed E-state index contributed by atoms with van der Waals surface area (Å²) in [5.74, 6) is -1.61. The summed E-state index contributed by atoms with van der Waals surface area (Å²) in [5.41, 5.74) is -3.83. The average molecular weight is 334 g/mol. The lowest BCUT2D eigenvalue weighted by molar-refractivity contribution is -0.138. The van der Waals surface area contributed by atoms with E-state index in [1.54, 1.807) is 0 Å². The maximum Gasteiger partial charge on any atom is 0.417 e. The van der Waals surface area contributed by atoms with Gasteiger partial charge in [-0.15, -0.1) is 0 Å². The molecule has 0 heterocycles. The molecule has 0 aromatic heterocycles. The molecule has 23 heavy (non-hydrogen) atoms. The fourth-order valence-corrected chi connectivity index (χ4v) is 2.10. The topological polar surface area (TPSA) is 37.3 Å². The fraction of sp³-hybridized carbons (Fsp3) is 0.133. The van der Waals surface area contributed by atoms with E-state index in [1.165, 1.54) is 0 Å². The quantitative estimate of drug-likeness (QED) is 0.777. The van der Waals surface area contributed by atoms with Crippen LogP contribution in [-0.4, -0.2) is 11.1 Å². The van der Waals surface area contributed by atoms with Gasteiger partial charge in [-0.05, 0) is 29.8 Å². The highest BCUT2D eigenvalue weighted by molar-refractivity contribution is 5.97. The molecule has 0 saturated heterocycles. The summed E-state index contributed by atoms with van der Waals surface area (Å²) in [7, 11) is 0. The van der Waals surface area contributed by atoms with E-state index in [2.05, 4.69) is 0 Å². The molecule has 2 rings (SSSR count). The molecule has 1 N–H and O–H groups in total. The van der Waals surface area contributed by atoms with E-state index in [-0.39, 0.29) is 5.56 Å². The molecular weight excluding hydrogens is 326 g/mol. The Balaban J connectivity index is 2.68. The molecule has 2 aromatic rings. The molecule has 0 fully saturated rings.